The first-order valence-corrected chi connectivity index (χ1v) is 6.05. The van der Waals surface area contributed by atoms with E-state index in [0.717, 1.165) is 6.42 Å². The van der Waals surface area contributed by atoms with Crippen LogP contribution in [0.3, 0.4) is 0 Å². The standard InChI is InChI=1S/C15H18O3/c1-2-17-15(16)18-13-9-4-3-6-10-14-11-7-5-8-12-14/h4-8,11-12H,2,9-10,13H2,1H3. The van der Waals surface area contributed by atoms with Crippen LogP contribution >= 0.6 is 0 Å². The Morgan fingerprint density at radius 1 is 1.22 bits per heavy atom. The van der Waals surface area contributed by atoms with Gasteiger partial charge in [0.25, 0.3) is 0 Å². The van der Waals surface area contributed by atoms with Gasteiger partial charge in [-0.3, -0.25) is 0 Å². The van der Waals surface area contributed by atoms with Crippen molar-refractivity contribution >= 4 is 6.16 Å². The average molecular weight is 246 g/mol. The predicted octanol–water partition coefficient (Wildman–Crippen LogP) is 3.50. The van der Waals surface area contributed by atoms with E-state index in [0.29, 0.717) is 19.6 Å². The molecule has 0 aliphatic rings. The molecule has 1 aromatic rings. The molecule has 0 saturated carbocycles. The molecular formula is C15H18O3. The highest BCUT2D eigenvalue weighted by Gasteiger charge is 1.98. The van der Waals surface area contributed by atoms with Crippen LogP contribution in [0.2, 0.25) is 0 Å². The van der Waals surface area contributed by atoms with Gasteiger partial charge in [-0.1, -0.05) is 30.3 Å². The van der Waals surface area contributed by atoms with E-state index in [4.69, 9.17) is 4.74 Å². The number of rotatable bonds is 6. The highest BCUT2D eigenvalue weighted by atomic mass is 16.7. The van der Waals surface area contributed by atoms with Crippen LogP contribution in [0.15, 0.2) is 48.2 Å². The highest BCUT2D eigenvalue weighted by Crippen LogP contribution is 1.99. The van der Waals surface area contributed by atoms with E-state index in [2.05, 4.69) is 22.6 Å². The molecule has 0 amide bonds. The molecule has 0 atom stereocenters. The van der Waals surface area contributed by atoms with Crippen molar-refractivity contribution in [3.8, 4) is 0 Å². The maximum atomic E-state index is 10.8. The lowest BCUT2D eigenvalue weighted by molar-refractivity contribution is 0.0604. The first-order chi connectivity index (χ1) is 8.83. The number of benzene rings is 1. The summed E-state index contributed by atoms with van der Waals surface area (Å²) in [5.41, 5.74) is 4.31. The molecule has 0 unspecified atom stereocenters. The number of hydrogen-bond acceptors (Lipinski definition) is 3. The molecule has 3 nitrogen and oxygen atoms in total. The van der Waals surface area contributed by atoms with Gasteiger partial charge < -0.3 is 9.47 Å². The number of carbonyl (C=O) groups excluding carboxylic acids is 1. The van der Waals surface area contributed by atoms with E-state index >= 15 is 0 Å². The first-order valence-electron chi connectivity index (χ1n) is 6.05. The Labute approximate surface area is 108 Å². The molecule has 3 heteroatoms. The van der Waals surface area contributed by atoms with E-state index in [1.54, 1.807) is 6.92 Å². The van der Waals surface area contributed by atoms with Crippen molar-refractivity contribution in [2.45, 2.75) is 19.8 Å². The normalized spacial score (nSPS) is 9.17. The Morgan fingerprint density at radius 2 is 2.00 bits per heavy atom. The Kier molecular flexibility index (Phi) is 7.10. The third-order valence-electron chi connectivity index (χ3n) is 2.16. The van der Waals surface area contributed by atoms with E-state index in [1.807, 2.05) is 30.4 Å². The largest absolute Gasteiger partial charge is 0.508 e. The van der Waals surface area contributed by atoms with Crippen LogP contribution < -0.4 is 0 Å². The maximum Gasteiger partial charge on any atom is 0.508 e. The summed E-state index contributed by atoms with van der Waals surface area (Å²) in [6.45, 7) is 2.41. The van der Waals surface area contributed by atoms with E-state index in [-0.39, 0.29) is 0 Å². The first kappa shape index (κ1) is 14.1. The topological polar surface area (TPSA) is 35.5 Å². The van der Waals surface area contributed by atoms with Crippen molar-refractivity contribution in [3.05, 3.63) is 53.8 Å². The van der Waals surface area contributed by atoms with Crippen molar-refractivity contribution in [1.29, 1.82) is 0 Å². The van der Waals surface area contributed by atoms with Crippen LogP contribution in [0.5, 0.6) is 0 Å². The van der Waals surface area contributed by atoms with Crippen LogP contribution in [0.25, 0.3) is 0 Å². The summed E-state index contributed by atoms with van der Waals surface area (Å²) in [5.74, 6) is 0. The fraction of sp³-hybridized carbons (Fsp3) is 0.333. The molecule has 1 rings (SSSR count). The fourth-order valence-electron chi connectivity index (χ4n) is 1.32. The minimum atomic E-state index is -0.612. The van der Waals surface area contributed by atoms with E-state index in [1.165, 1.54) is 5.56 Å². The van der Waals surface area contributed by atoms with Gasteiger partial charge in [-0.2, -0.15) is 0 Å². The molecule has 0 spiro atoms. The average Bonchev–Trinajstić information content (AvgIpc) is 2.39. The van der Waals surface area contributed by atoms with Gasteiger partial charge in [0.05, 0.1) is 13.2 Å². The maximum absolute atomic E-state index is 10.8. The van der Waals surface area contributed by atoms with Crippen molar-refractivity contribution in [2.24, 2.45) is 0 Å². The Hall–Kier alpha value is -1.99. The van der Waals surface area contributed by atoms with Crippen LogP contribution in [-0.2, 0) is 15.9 Å². The molecule has 18 heavy (non-hydrogen) atoms. The number of ether oxygens (including phenoxy) is 2. The molecule has 0 aliphatic heterocycles. The van der Waals surface area contributed by atoms with Crippen molar-refractivity contribution in [1.82, 2.24) is 0 Å². The summed E-state index contributed by atoms with van der Waals surface area (Å²) < 4.78 is 9.43. The number of carbonyl (C=O) groups is 1. The molecule has 0 aliphatic carbocycles. The second kappa shape index (κ2) is 9.08. The zero-order valence-corrected chi connectivity index (χ0v) is 10.6. The fourth-order valence-corrected chi connectivity index (χ4v) is 1.32. The van der Waals surface area contributed by atoms with E-state index < -0.39 is 6.16 Å². The third kappa shape index (κ3) is 6.56. The molecule has 0 heterocycles. The second-order valence-corrected chi connectivity index (χ2v) is 3.58. The molecule has 96 valence electrons. The lowest BCUT2D eigenvalue weighted by Crippen LogP contribution is -2.07. The summed E-state index contributed by atoms with van der Waals surface area (Å²) in [7, 11) is 0. The summed E-state index contributed by atoms with van der Waals surface area (Å²) in [4.78, 5) is 10.8. The third-order valence-corrected chi connectivity index (χ3v) is 2.16. The Bertz CT molecular complexity index is 403. The summed E-state index contributed by atoms with van der Waals surface area (Å²) in [6, 6.07) is 10.2. The van der Waals surface area contributed by atoms with Crippen LogP contribution in [0, 0.1) is 0 Å². The lowest BCUT2D eigenvalue weighted by Gasteiger charge is -2.00. The van der Waals surface area contributed by atoms with Gasteiger partial charge in [0, 0.05) is 6.42 Å². The van der Waals surface area contributed by atoms with Crippen LogP contribution in [-0.4, -0.2) is 19.4 Å². The van der Waals surface area contributed by atoms with Crippen LogP contribution in [0.1, 0.15) is 18.9 Å². The second-order valence-electron chi connectivity index (χ2n) is 3.58. The Balaban J connectivity index is 2.15. The lowest BCUT2D eigenvalue weighted by atomic mass is 10.1. The molecule has 0 N–H and O–H groups in total. The van der Waals surface area contributed by atoms with Gasteiger partial charge in [-0.05, 0) is 31.1 Å². The zero-order chi connectivity index (χ0) is 13.1. The molecule has 0 fully saturated rings. The highest BCUT2D eigenvalue weighted by molar-refractivity contribution is 5.59. The van der Waals surface area contributed by atoms with Gasteiger partial charge in [0.15, 0.2) is 0 Å². The van der Waals surface area contributed by atoms with Gasteiger partial charge in [0.1, 0.15) is 0 Å². The van der Waals surface area contributed by atoms with Crippen molar-refractivity contribution in [2.75, 3.05) is 13.2 Å². The molecule has 1 aromatic carbocycles. The molecular weight excluding hydrogens is 228 g/mol. The molecule has 0 radical (unpaired) electrons. The molecule has 0 aromatic heterocycles. The monoisotopic (exact) mass is 246 g/mol. The predicted molar refractivity (Wildman–Crippen MR) is 70.4 cm³/mol. The van der Waals surface area contributed by atoms with Gasteiger partial charge in [0.2, 0.25) is 0 Å². The van der Waals surface area contributed by atoms with E-state index in [9.17, 15) is 4.79 Å². The minimum Gasteiger partial charge on any atom is -0.435 e. The van der Waals surface area contributed by atoms with Crippen molar-refractivity contribution < 1.29 is 14.3 Å². The number of hydrogen-bond donors (Lipinski definition) is 0. The molecule has 0 bridgehead atoms. The zero-order valence-electron chi connectivity index (χ0n) is 10.6. The summed E-state index contributed by atoms with van der Waals surface area (Å²) >= 11 is 0. The minimum absolute atomic E-state index is 0.324. The Morgan fingerprint density at radius 3 is 2.72 bits per heavy atom. The smallest absolute Gasteiger partial charge is 0.435 e. The summed E-state index contributed by atoms with van der Waals surface area (Å²) in [5, 5.41) is 0. The summed E-state index contributed by atoms with van der Waals surface area (Å²) in [6.07, 6.45) is 4.70. The van der Waals surface area contributed by atoms with Crippen LogP contribution in [0.4, 0.5) is 4.79 Å². The quantitative estimate of drug-likeness (QED) is 0.438. The SMILES string of the molecule is CCOC(=O)OCCC=C=CCc1ccccc1. The van der Waals surface area contributed by atoms with Gasteiger partial charge >= 0.3 is 6.16 Å². The molecule has 0 saturated heterocycles. The van der Waals surface area contributed by atoms with Gasteiger partial charge in [-0.25, -0.2) is 4.79 Å². The van der Waals surface area contributed by atoms with Crippen molar-refractivity contribution in [3.63, 3.8) is 0 Å². The van der Waals surface area contributed by atoms with Gasteiger partial charge in [-0.15, -0.1) is 5.73 Å².